The van der Waals surface area contributed by atoms with Crippen molar-refractivity contribution in [2.45, 2.75) is 64.2 Å². The van der Waals surface area contributed by atoms with E-state index in [1.807, 2.05) is 13.3 Å². The fourth-order valence-electron chi connectivity index (χ4n) is 4.59. The van der Waals surface area contributed by atoms with E-state index in [0.29, 0.717) is 37.8 Å². The third-order valence-electron chi connectivity index (χ3n) is 6.41. The second-order valence-corrected chi connectivity index (χ2v) is 9.38. The van der Waals surface area contributed by atoms with Crippen LogP contribution in [-0.2, 0) is 9.59 Å². The molecule has 0 spiro atoms. The smallest absolute Gasteiger partial charge is 0.227 e. The van der Waals surface area contributed by atoms with E-state index in [0.717, 1.165) is 38.0 Å². The molecule has 0 aliphatic rings. The number of aldehydes is 1. The third-order valence-corrected chi connectivity index (χ3v) is 6.41. The quantitative estimate of drug-likeness (QED) is 0.189. The minimum absolute atomic E-state index is 0.0357. The summed E-state index contributed by atoms with van der Waals surface area (Å²) in [5, 5.41) is 5.54. The number of nitrogens with zero attached hydrogens (tertiary/aromatic N) is 3. The summed E-state index contributed by atoms with van der Waals surface area (Å²) in [6.07, 6.45) is 7.65. The Balaban J connectivity index is 3.09. The van der Waals surface area contributed by atoms with Gasteiger partial charge in [-0.15, -0.1) is 0 Å². The van der Waals surface area contributed by atoms with E-state index in [-0.39, 0.29) is 24.3 Å². The maximum absolute atomic E-state index is 15.2. The first-order valence-electron chi connectivity index (χ1n) is 13.5. The Morgan fingerprint density at radius 1 is 1.11 bits per heavy atom. The van der Waals surface area contributed by atoms with Crippen molar-refractivity contribution in [3.63, 3.8) is 0 Å². The number of nitrogens with one attached hydrogen (secondary N) is 2. The van der Waals surface area contributed by atoms with Crippen LogP contribution in [0.15, 0.2) is 33.9 Å². The summed E-state index contributed by atoms with van der Waals surface area (Å²) < 4.78 is 30.4. The lowest BCUT2D eigenvalue weighted by Crippen LogP contribution is -2.28. The van der Waals surface area contributed by atoms with Gasteiger partial charge in [0.25, 0.3) is 0 Å². The van der Waals surface area contributed by atoms with Gasteiger partial charge in [0.2, 0.25) is 5.91 Å². The molecule has 1 amide bonds. The summed E-state index contributed by atoms with van der Waals surface area (Å²) in [4.78, 5) is 34.0. The van der Waals surface area contributed by atoms with Crippen LogP contribution >= 0.6 is 0 Å². The van der Waals surface area contributed by atoms with Gasteiger partial charge < -0.3 is 15.4 Å². The maximum Gasteiger partial charge on any atom is 0.227 e. The number of amides is 1. The number of benzene rings is 1. The molecular weight excluding hydrogens is 488 g/mol. The van der Waals surface area contributed by atoms with Crippen LogP contribution in [0.3, 0.4) is 0 Å². The van der Waals surface area contributed by atoms with Gasteiger partial charge in [0, 0.05) is 50.1 Å². The van der Waals surface area contributed by atoms with E-state index < -0.39 is 23.5 Å². The van der Waals surface area contributed by atoms with Gasteiger partial charge in [-0.3, -0.25) is 19.7 Å². The van der Waals surface area contributed by atoms with Gasteiger partial charge in [-0.05, 0) is 89.1 Å². The van der Waals surface area contributed by atoms with Crippen molar-refractivity contribution in [1.82, 2.24) is 15.5 Å². The second-order valence-electron chi connectivity index (χ2n) is 9.38. The van der Waals surface area contributed by atoms with Gasteiger partial charge in [0.15, 0.2) is 0 Å². The molecule has 38 heavy (non-hydrogen) atoms. The molecule has 0 bridgehead atoms. The number of hydrogen-bond donors (Lipinski definition) is 2. The number of halogens is 2. The predicted molar refractivity (Wildman–Crippen MR) is 152 cm³/mol. The first kappa shape index (κ1) is 33.2. The molecule has 1 rings (SSSR count). The average molecular weight is 534 g/mol. The van der Waals surface area contributed by atoms with Crippen molar-refractivity contribution in [1.29, 1.82) is 0 Å². The standard InChI is InChI=1S/C29H45F2N5O2/c1-6-14-36(15-7-2)21-22(19-33-4)20-35-13-11-23(10-12-32-3)24-17-26(30)28(27(31)18-24)25(9-8-16-37)29(38)34-5/h16-20,23,25,32H,4,6-15,21H2,1-3,5H3,(H,34,38)/b22-19+,35-20?. The van der Waals surface area contributed by atoms with E-state index in [1.54, 1.807) is 6.20 Å². The zero-order valence-electron chi connectivity index (χ0n) is 23.4. The molecule has 0 radical (unpaired) electrons. The monoisotopic (exact) mass is 533 g/mol. The highest BCUT2D eigenvalue weighted by Gasteiger charge is 2.27. The fourth-order valence-corrected chi connectivity index (χ4v) is 4.59. The van der Waals surface area contributed by atoms with Crippen LogP contribution in [0.1, 0.15) is 75.3 Å². The highest BCUT2D eigenvalue weighted by molar-refractivity contribution is 5.83. The van der Waals surface area contributed by atoms with E-state index in [1.165, 1.54) is 19.2 Å². The van der Waals surface area contributed by atoms with Crippen LogP contribution in [0.5, 0.6) is 0 Å². The highest BCUT2D eigenvalue weighted by Crippen LogP contribution is 2.32. The average Bonchev–Trinajstić information content (AvgIpc) is 2.89. The van der Waals surface area contributed by atoms with Gasteiger partial charge in [-0.2, -0.15) is 0 Å². The van der Waals surface area contributed by atoms with Crippen LogP contribution in [0.2, 0.25) is 0 Å². The molecule has 9 heteroatoms. The molecule has 0 aromatic heterocycles. The first-order valence-corrected chi connectivity index (χ1v) is 13.5. The van der Waals surface area contributed by atoms with Crippen molar-refractivity contribution in [3.05, 3.63) is 46.7 Å². The Kier molecular flexibility index (Phi) is 16.9. The number of rotatable bonds is 20. The normalized spacial score (nSPS) is 13.6. The molecule has 2 N–H and O–H groups in total. The SMILES string of the molecule is C=N/C=C(\C=NCCC(CCNC)c1cc(F)c(C(CCC=O)C(=O)NC)c(F)c1)CN(CCC)CCC. The highest BCUT2D eigenvalue weighted by atomic mass is 19.1. The van der Waals surface area contributed by atoms with Gasteiger partial charge >= 0.3 is 0 Å². The summed E-state index contributed by atoms with van der Waals surface area (Å²) >= 11 is 0. The third kappa shape index (κ3) is 11.3. The number of hydrogen-bond acceptors (Lipinski definition) is 6. The van der Waals surface area contributed by atoms with Crippen LogP contribution in [0.25, 0.3) is 0 Å². The summed E-state index contributed by atoms with van der Waals surface area (Å²) in [5.41, 5.74) is 1.20. The van der Waals surface area contributed by atoms with E-state index in [4.69, 9.17) is 0 Å². The number of carbonyl (C=O) groups excluding carboxylic acids is 2. The van der Waals surface area contributed by atoms with E-state index in [2.05, 4.69) is 46.1 Å². The topological polar surface area (TPSA) is 86.2 Å². The lowest BCUT2D eigenvalue weighted by molar-refractivity contribution is -0.122. The minimum Gasteiger partial charge on any atom is -0.359 e. The Labute approximate surface area is 226 Å². The Morgan fingerprint density at radius 2 is 1.76 bits per heavy atom. The number of aliphatic imine (C=N–C) groups is 2. The molecule has 0 aliphatic carbocycles. The summed E-state index contributed by atoms with van der Waals surface area (Å²) in [7, 11) is 3.24. The van der Waals surface area contributed by atoms with Crippen molar-refractivity contribution in [3.8, 4) is 0 Å². The van der Waals surface area contributed by atoms with Crippen molar-refractivity contribution in [2.24, 2.45) is 9.98 Å². The van der Waals surface area contributed by atoms with Crippen LogP contribution in [0.4, 0.5) is 8.78 Å². The van der Waals surface area contributed by atoms with Gasteiger partial charge in [-0.1, -0.05) is 13.8 Å². The second kappa shape index (κ2) is 19.3. The molecule has 0 aliphatic heterocycles. The summed E-state index contributed by atoms with van der Waals surface area (Å²) in [6, 6.07) is 2.64. The Morgan fingerprint density at radius 3 is 2.29 bits per heavy atom. The molecule has 0 saturated heterocycles. The van der Waals surface area contributed by atoms with Crippen LogP contribution in [0, 0.1) is 11.6 Å². The summed E-state index contributed by atoms with van der Waals surface area (Å²) in [6.45, 7) is 11.8. The van der Waals surface area contributed by atoms with E-state index in [9.17, 15) is 9.59 Å². The van der Waals surface area contributed by atoms with Crippen molar-refractivity contribution in [2.75, 3.05) is 46.8 Å². The molecule has 0 fully saturated rings. The largest absolute Gasteiger partial charge is 0.359 e. The van der Waals surface area contributed by atoms with Gasteiger partial charge in [0.05, 0.1) is 5.92 Å². The molecule has 1 aromatic rings. The molecule has 7 nitrogen and oxygen atoms in total. The predicted octanol–water partition coefficient (Wildman–Crippen LogP) is 4.63. The Hall–Kier alpha value is -2.78. The molecule has 2 atom stereocenters. The molecule has 212 valence electrons. The number of likely N-dealkylation sites (N-methyl/N-ethyl adjacent to an activating group) is 1. The van der Waals surface area contributed by atoms with Crippen molar-refractivity contribution >= 4 is 25.1 Å². The zero-order chi connectivity index (χ0) is 28.3. The fraction of sp³-hybridized carbons (Fsp3) is 0.586. The van der Waals surface area contributed by atoms with E-state index >= 15 is 8.78 Å². The van der Waals surface area contributed by atoms with Gasteiger partial charge in [0.1, 0.15) is 17.9 Å². The lowest BCUT2D eigenvalue weighted by Gasteiger charge is -2.21. The maximum atomic E-state index is 15.2. The molecule has 2 unspecified atom stereocenters. The zero-order valence-corrected chi connectivity index (χ0v) is 23.4. The lowest BCUT2D eigenvalue weighted by atomic mass is 9.87. The molecule has 0 heterocycles. The minimum atomic E-state index is -1.07. The Bertz CT molecular complexity index is 907. The number of carbonyl (C=O) groups is 2. The molecule has 0 saturated carbocycles. The first-order chi connectivity index (χ1) is 18.4. The molecular formula is C29H45F2N5O2. The van der Waals surface area contributed by atoms with Gasteiger partial charge in [-0.25, -0.2) is 8.78 Å². The van der Waals surface area contributed by atoms with Crippen molar-refractivity contribution < 1.29 is 18.4 Å². The van der Waals surface area contributed by atoms with Crippen LogP contribution in [-0.4, -0.2) is 76.8 Å². The molecule has 1 aromatic carbocycles. The van der Waals surface area contributed by atoms with Crippen LogP contribution < -0.4 is 10.6 Å². The summed E-state index contributed by atoms with van der Waals surface area (Å²) in [5.74, 6) is -3.26.